The number of rotatable bonds is 4. The van der Waals surface area contributed by atoms with E-state index in [-0.39, 0.29) is 5.54 Å². The third-order valence-corrected chi connectivity index (χ3v) is 4.12. The summed E-state index contributed by atoms with van der Waals surface area (Å²) in [5, 5.41) is 0. The van der Waals surface area contributed by atoms with Gasteiger partial charge in [-0.1, -0.05) is 6.07 Å². The molecule has 0 amide bonds. The molecule has 0 aliphatic heterocycles. The molecule has 0 saturated heterocycles. The zero-order valence-corrected chi connectivity index (χ0v) is 10.8. The second-order valence-electron chi connectivity index (χ2n) is 5.06. The standard InChI is InChI=1S/C13H16BrNO/c14-11-4-3-10(13(15)5-6-13)7-12(11)16-8-9-1-2-9/h3-4,7,9H,1-2,5-6,8,15H2. The topological polar surface area (TPSA) is 35.2 Å². The van der Waals surface area contributed by atoms with Gasteiger partial charge in [-0.05, 0) is 65.2 Å². The molecule has 2 N–H and O–H groups in total. The zero-order valence-electron chi connectivity index (χ0n) is 9.21. The fraction of sp³-hybridized carbons (Fsp3) is 0.538. The van der Waals surface area contributed by atoms with Crippen molar-refractivity contribution >= 4 is 15.9 Å². The lowest BCUT2D eigenvalue weighted by Crippen LogP contribution is -2.18. The highest BCUT2D eigenvalue weighted by Crippen LogP contribution is 2.44. The van der Waals surface area contributed by atoms with Crippen LogP contribution in [-0.2, 0) is 5.54 Å². The molecule has 86 valence electrons. The first-order valence-corrected chi connectivity index (χ1v) is 6.68. The minimum absolute atomic E-state index is 0.0710. The van der Waals surface area contributed by atoms with Crippen molar-refractivity contribution in [1.29, 1.82) is 0 Å². The van der Waals surface area contributed by atoms with E-state index < -0.39 is 0 Å². The molecule has 1 aromatic carbocycles. The highest BCUT2D eigenvalue weighted by atomic mass is 79.9. The molecule has 0 heterocycles. The highest BCUT2D eigenvalue weighted by molar-refractivity contribution is 9.10. The van der Waals surface area contributed by atoms with Crippen molar-refractivity contribution in [2.45, 2.75) is 31.2 Å². The minimum Gasteiger partial charge on any atom is -0.492 e. The van der Waals surface area contributed by atoms with Gasteiger partial charge in [0.15, 0.2) is 0 Å². The summed E-state index contributed by atoms with van der Waals surface area (Å²) >= 11 is 3.52. The van der Waals surface area contributed by atoms with Gasteiger partial charge >= 0.3 is 0 Å². The van der Waals surface area contributed by atoms with E-state index in [1.54, 1.807) is 0 Å². The van der Waals surface area contributed by atoms with Crippen molar-refractivity contribution < 1.29 is 4.74 Å². The number of hydrogen-bond acceptors (Lipinski definition) is 2. The number of nitrogens with two attached hydrogens (primary N) is 1. The monoisotopic (exact) mass is 281 g/mol. The van der Waals surface area contributed by atoms with Crippen molar-refractivity contribution in [3.8, 4) is 5.75 Å². The molecule has 16 heavy (non-hydrogen) atoms. The first-order chi connectivity index (χ1) is 7.67. The van der Waals surface area contributed by atoms with Crippen molar-refractivity contribution in [3.05, 3.63) is 28.2 Å². The molecule has 2 aliphatic rings. The lowest BCUT2D eigenvalue weighted by atomic mass is 10.1. The van der Waals surface area contributed by atoms with Gasteiger partial charge in [0, 0.05) is 5.54 Å². The fourth-order valence-electron chi connectivity index (χ4n) is 1.84. The molecule has 1 aromatic rings. The first kappa shape index (κ1) is 10.6. The van der Waals surface area contributed by atoms with Gasteiger partial charge in [0.1, 0.15) is 5.75 Å². The largest absolute Gasteiger partial charge is 0.492 e. The van der Waals surface area contributed by atoms with Crippen LogP contribution in [0, 0.1) is 5.92 Å². The maximum Gasteiger partial charge on any atom is 0.133 e. The molecular weight excluding hydrogens is 266 g/mol. The predicted molar refractivity (Wildman–Crippen MR) is 67.5 cm³/mol. The Labute approximate surface area is 104 Å². The summed E-state index contributed by atoms with van der Waals surface area (Å²) in [5.41, 5.74) is 7.32. The van der Waals surface area contributed by atoms with Crippen LogP contribution >= 0.6 is 15.9 Å². The Bertz CT molecular complexity index is 410. The molecule has 2 aliphatic carbocycles. The summed E-state index contributed by atoms with van der Waals surface area (Å²) in [4.78, 5) is 0. The smallest absolute Gasteiger partial charge is 0.133 e. The van der Waals surface area contributed by atoms with Crippen LogP contribution in [0.1, 0.15) is 31.2 Å². The van der Waals surface area contributed by atoms with E-state index in [1.165, 1.54) is 18.4 Å². The van der Waals surface area contributed by atoms with Crippen molar-refractivity contribution in [2.75, 3.05) is 6.61 Å². The van der Waals surface area contributed by atoms with Crippen LogP contribution in [0.3, 0.4) is 0 Å². The van der Waals surface area contributed by atoms with Crippen LogP contribution in [-0.4, -0.2) is 6.61 Å². The number of ether oxygens (including phenoxy) is 1. The Hall–Kier alpha value is -0.540. The Morgan fingerprint density at radius 1 is 1.38 bits per heavy atom. The lowest BCUT2D eigenvalue weighted by molar-refractivity contribution is 0.297. The van der Waals surface area contributed by atoms with E-state index in [4.69, 9.17) is 10.5 Å². The first-order valence-electron chi connectivity index (χ1n) is 5.89. The molecule has 0 radical (unpaired) electrons. The molecule has 3 heteroatoms. The Morgan fingerprint density at radius 2 is 2.12 bits per heavy atom. The fourth-order valence-corrected chi connectivity index (χ4v) is 2.20. The van der Waals surface area contributed by atoms with Gasteiger partial charge in [-0.3, -0.25) is 0 Å². The van der Waals surface area contributed by atoms with Gasteiger partial charge in [-0.25, -0.2) is 0 Å². The van der Waals surface area contributed by atoms with Crippen molar-refractivity contribution in [2.24, 2.45) is 11.7 Å². The second kappa shape index (κ2) is 3.74. The maximum absolute atomic E-state index is 6.18. The van der Waals surface area contributed by atoms with Gasteiger partial charge < -0.3 is 10.5 Å². The summed E-state index contributed by atoms with van der Waals surface area (Å²) in [7, 11) is 0. The SMILES string of the molecule is NC1(c2ccc(Br)c(OCC3CC3)c2)CC1. The molecule has 2 saturated carbocycles. The molecule has 2 fully saturated rings. The number of halogens is 1. The molecule has 0 bridgehead atoms. The summed E-state index contributed by atoms with van der Waals surface area (Å²) in [6.07, 6.45) is 4.82. The van der Waals surface area contributed by atoms with E-state index >= 15 is 0 Å². The van der Waals surface area contributed by atoms with Crippen LogP contribution in [0.15, 0.2) is 22.7 Å². The second-order valence-corrected chi connectivity index (χ2v) is 5.91. The normalized spacial score (nSPS) is 21.9. The molecular formula is C13H16BrNO. The number of hydrogen-bond donors (Lipinski definition) is 1. The van der Waals surface area contributed by atoms with E-state index in [1.807, 2.05) is 6.07 Å². The van der Waals surface area contributed by atoms with Crippen LogP contribution in [0.4, 0.5) is 0 Å². The predicted octanol–water partition coefficient (Wildman–Crippen LogP) is 3.19. The molecule has 0 spiro atoms. The van der Waals surface area contributed by atoms with Crippen LogP contribution in [0.5, 0.6) is 5.75 Å². The zero-order chi connectivity index (χ0) is 11.2. The lowest BCUT2D eigenvalue weighted by Gasteiger charge is -2.13. The molecule has 0 aromatic heterocycles. The quantitative estimate of drug-likeness (QED) is 0.920. The average molecular weight is 282 g/mol. The van der Waals surface area contributed by atoms with Gasteiger partial charge in [0.2, 0.25) is 0 Å². The van der Waals surface area contributed by atoms with E-state index in [0.717, 1.165) is 35.6 Å². The van der Waals surface area contributed by atoms with Gasteiger partial charge in [0.05, 0.1) is 11.1 Å². The highest BCUT2D eigenvalue weighted by Gasteiger charge is 2.40. The molecule has 0 atom stereocenters. The Morgan fingerprint density at radius 3 is 2.75 bits per heavy atom. The number of benzene rings is 1. The third-order valence-electron chi connectivity index (χ3n) is 3.47. The van der Waals surface area contributed by atoms with Gasteiger partial charge in [-0.15, -0.1) is 0 Å². The summed E-state index contributed by atoms with van der Waals surface area (Å²) in [6.45, 7) is 0.847. The molecule has 0 unspecified atom stereocenters. The third kappa shape index (κ3) is 2.11. The van der Waals surface area contributed by atoms with E-state index in [2.05, 4.69) is 28.1 Å². The summed E-state index contributed by atoms with van der Waals surface area (Å²) in [6, 6.07) is 6.24. The van der Waals surface area contributed by atoms with Crippen molar-refractivity contribution in [3.63, 3.8) is 0 Å². The van der Waals surface area contributed by atoms with Crippen LogP contribution in [0.2, 0.25) is 0 Å². The van der Waals surface area contributed by atoms with Gasteiger partial charge in [-0.2, -0.15) is 0 Å². The maximum atomic E-state index is 6.18. The molecule has 2 nitrogen and oxygen atoms in total. The van der Waals surface area contributed by atoms with Crippen LogP contribution in [0.25, 0.3) is 0 Å². The van der Waals surface area contributed by atoms with Crippen LogP contribution < -0.4 is 10.5 Å². The Balaban J connectivity index is 1.78. The van der Waals surface area contributed by atoms with E-state index in [9.17, 15) is 0 Å². The van der Waals surface area contributed by atoms with Crippen molar-refractivity contribution in [1.82, 2.24) is 0 Å². The van der Waals surface area contributed by atoms with Gasteiger partial charge in [0.25, 0.3) is 0 Å². The van der Waals surface area contributed by atoms with E-state index in [0.29, 0.717) is 0 Å². The summed E-state index contributed by atoms with van der Waals surface area (Å²) < 4.78 is 6.85. The minimum atomic E-state index is -0.0710. The molecule has 3 rings (SSSR count). The average Bonchev–Trinajstić information content (AvgIpc) is 3.14. The summed E-state index contributed by atoms with van der Waals surface area (Å²) in [5.74, 6) is 1.73. The Kier molecular flexibility index (Phi) is 2.48.